The van der Waals surface area contributed by atoms with Gasteiger partial charge in [-0.25, -0.2) is 4.98 Å². The lowest BCUT2D eigenvalue weighted by molar-refractivity contribution is -0.130. The van der Waals surface area contributed by atoms with E-state index in [1.807, 2.05) is 53.7 Å². The highest BCUT2D eigenvalue weighted by atomic mass is 16.2. The van der Waals surface area contributed by atoms with Crippen molar-refractivity contribution in [3.8, 4) is 0 Å². The summed E-state index contributed by atoms with van der Waals surface area (Å²) >= 11 is 0. The summed E-state index contributed by atoms with van der Waals surface area (Å²) in [4.78, 5) is 18.2. The van der Waals surface area contributed by atoms with E-state index >= 15 is 0 Å². The van der Waals surface area contributed by atoms with Gasteiger partial charge in [0.05, 0.1) is 5.69 Å². The molecule has 0 aromatic carbocycles. The number of nitrogens with one attached hydrogen (secondary N) is 1. The van der Waals surface area contributed by atoms with Crippen molar-refractivity contribution in [2.24, 2.45) is 0 Å². The molecule has 0 bridgehead atoms. The highest BCUT2D eigenvalue weighted by molar-refractivity contribution is 5.76. The van der Waals surface area contributed by atoms with Crippen LogP contribution in [-0.2, 0) is 11.3 Å². The van der Waals surface area contributed by atoms with E-state index in [4.69, 9.17) is 0 Å². The second kappa shape index (κ2) is 7.05. The van der Waals surface area contributed by atoms with Crippen molar-refractivity contribution in [1.29, 1.82) is 0 Å². The molecular formula is C15H22N4O. The van der Waals surface area contributed by atoms with E-state index in [0.717, 1.165) is 24.4 Å². The molecule has 2 heterocycles. The average molecular weight is 274 g/mol. The van der Waals surface area contributed by atoms with Gasteiger partial charge < -0.3 is 14.6 Å². The minimum absolute atomic E-state index is 0.206. The van der Waals surface area contributed by atoms with Crippen LogP contribution in [0.2, 0.25) is 0 Å². The molecule has 20 heavy (non-hydrogen) atoms. The normalized spacial score (nSPS) is 10.9. The lowest BCUT2D eigenvalue weighted by Gasteiger charge is -2.18. The Morgan fingerprint density at radius 2 is 2.15 bits per heavy atom. The van der Waals surface area contributed by atoms with Crippen LogP contribution >= 0.6 is 0 Å². The minimum Gasteiger partial charge on any atom is -0.343 e. The van der Waals surface area contributed by atoms with Crippen LogP contribution in [0, 0.1) is 0 Å². The molecule has 1 N–H and O–H groups in total. The van der Waals surface area contributed by atoms with Gasteiger partial charge in [0.2, 0.25) is 5.91 Å². The van der Waals surface area contributed by atoms with Gasteiger partial charge in [0.1, 0.15) is 5.65 Å². The van der Waals surface area contributed by atoms with Crippen LogP contribution in [0.15, 0.2) is 30.6 Å². The molecule has 0 saturated carbocycles. The van der Waals surface area contributed by atoms with Gasteiger partial charge >= 0.3 is 0 Å². The zero-order valence-corrected chi connectivity index (χ0v) is 12.2. The molecule has 0 aliphatic rings. The fourth-order valence-corrected chi connectivity index (χ4v) is 2.22. The monoisotopic (exact) mass is 274 g/mol. The number of aromatic nitrogens is 2. The number of amides is 1. The van der Waals surface area contributed by atoms with Crippen molar-refractivity contribution in [1.82, 2.24) is 19.6 Å². The molecule has 0 saturated heterocycles. The SMILES string of the molecule is CCN(CC)C(=O)CCNCc1cn2ccccc2n1. The number of rotatable bonds is 7. The molecule has 0 aliphatic heterocycles. The van der Waals surface area contributed by atoms with E-state index in [1.165, 1.54) is 0 Å². The number of carbonyl (C=O) groups excluding carboxylic acids is 1. The lowest BCUT2D eigenvalue weighted by Crippen LogP contribution is -2.32. The summed E-state index contributed by atoms with van der Waals surface area (Å²) < 4.78 is 2.00. The van der Waals surface area contributed by atoms with E-state index in [1.54, 1.807) is 0 Å². The van der Waals surface area contributed by atoms with Crippen LogP contribution in [0.1, 0.15) is 26.0 Å². The summed E-state index contributed by atoms with van der Waals surface area (Å²) in [5, 5.41) is 3.27. The number of carbonyl (C=O) groups is 1. The maximum absolute atomic E-state index is 11.8. The first kappa shape index (κ1) is 14.5. The second-order valence-corrected chi connectivity index (χ2v) is 4.69. The van der Waals surface area contributed by atoms with Crippen LogP contribution in [-0.4, -0.2) is 39.8 Å². The summed E-state index contributed by atoms with van der Waals surface area (Å²) in [5.41, 5.74) is 1.94. The maximum Gasteiger partial charge on any atom is 0.223 e. The number of hydrogen-bond acceptors (Lipinski definition) is 3. The van der Waals surface area contributed by atoms with Crippen molar-refractivity contribution >= 4 is 11.6 Å². The largest absolute Gasteiger partial charge is 0.343 e. The maximum atomic E-state index is 11.8. The van der Waals surface area contributed by atoms with Crippen molar-refractivity contribution in [2.75, 3.05) is 19.6 Å². The Labute approximate surface area is 119 Å². The van der Waals surface area contributed by atoms with Gasteiger partial charge in [-0.1, -0.05) is 6.07 Å². The molecule has 0 aliphatic carbocycles. The smallest absolute Gasteiger partial charge is 0.223 e. The van der Waals surface area contributed by atoms with E-state index in [9.17, 15) is 4.79 Å². The van der Waals surface area contributed by atoms with Crippen LogP contribution in [0.25, 0.3) is 5.65 Å². The van der Waals surface area contributed by atoms with Gasteiger partial charge in [-0.05, 0) is 26.0 Å². The highest BCUT2D eigenvalue weighted by Gasteiger charge is 2.08. The summed E-state index contributed by atoms with van der Waals surface area (Å²) in [6, 6.07) is 5.93. The zero-order chi connectivity index (χ0) is 14.4. The predicted molar refractivity (Wildman–Crippen MR) is 79.4 cm³/mol. The number of nitrogens with zero attached hydrogens (tertiary/aromatic N) is 3. The van der Waals surface area contributed by atoms with E-state index in [-0.39, 0.29) is 5.91 Å². The Bertz CT molecular complexity index is 527. The molecule has 1 amide bonds. The first-order valence-electron chi connectivity index (χ1n) is 7.15. The Balaban J connectivity index is 1.77. The molecule has 5 nitrogen and oxygen atoms in total. The molecular weight excluding hydrogens is 252 g/mol. The quantitative estimate of drug-likeness (QED) is 0.782. The number of fused-ring (bicyclic) bond motifs is 1. The first-order valence-corrected chi connectivity index (χ1v) is 7.15. The van der Waals surface area contributed by atoms with E-state index in [0.29, 0.717) is 19.5 Å². The molecule has 5 heteroatoms. The third-order valence-electron chi connectivity index (χ3n) is 3.35. The van der Waals surface area contributed by atoms with Gasteiger partial charge in [-0.3, -0.25) is 4.79 Å². The zero-order valence-electron chi connectivity index (χ0n) is 12.2. The topological polar surface area (TPSA) is 49.6 Å². The summed E-state index contributed by atoms with van der Waals surface area (Å²) in [6.45, 7) is 6.94. The fourth-order valence-electron chi connectivity index (χ4n) is 2.22. The summed E-state index contributed by atoms with van der Waals surface area (Å²) in [7, 11) is 0. The number of hydrogen-bond donors (Lipinski definition) is 1. The Kier molecular flexibility index (Phi) is 5.12. The summed E-state index contributed by atoms with van der Waals surface area (Å²) in [5.74, 6) is 0.206. The molecule has 0 fully saturated rings. The Morgan fingerprint density at radius 1 is 1.35 bits per heavy atom. The Morgan fingerprint density at radius 3 is 2.85 bits per heavy atom. The predicted octanol–water partition coefficient (Wildman–Crippen LogP) is 1.68. The molecule has 0 spiro atoms. The van der Waals surface area contributed by atoms with Crippen molar-refractivity contribution in [2.45, 2.75) is 26.8 Å². The third-order valence-corrected chi connectivity index (χ3v) is 3.35. The van der Waals surface area contributed by atoms with Gasteiger partial charge in [-0.15, -0.1) is 0 Å². The van der Waals surface area contributed by atoms with Gasteiger partial charge in [0.25, 0.3) is 0 Å². The summed E-state index contributed by atoms with van der Waals surface area (Å²) in [6.07, 6.45) is 4.53. The van der Waals surface area contributed by atoms with Crippen molar-refractivity contribution in [3.63, 3.8) is 0 Å². The Hall–Kier alpha value is -1.88. The molecule has 2 aromatic rings. The van der Waals surface area contributed by atoms with Gasteiger partial charge in [0.15, 0.2) is 0 Å². The standard InChI is InChI=1S/C15H22N4O/c1-3-18(4-2)15(20)8-9-16-11-13-12-19-10-6-5-7-14(19)17-13/h5-7,10,12,16H,3-4,8-9,11H2,1-2H3. The molecule has 2 rings (SSSR count). The van der Waals surface area contributed by atoms with Crippen molar-refractivity contribution < 1.29 is 4.79 Å². The third kappa shape index (κ3) is 3.57. The van der Waals surface area contributed by atoms with Crippen LogP contribution in [0.3, 0.4) is 0 Å². The van der Waals surface area contributed by atoms with Crippen LogP contribution in [0.5, 0.6) is 0 Å². The minimum atomic E-state index is 0.206. The molecule has 2 aromatic heterocycles. The second-order valence-electron chi connectivity index (χ2n) is 4.69. The first-order chi connectivity index (χ1) is 9.74. The molecule has 108 valence electrons. The van der Waals surface area contributed by atoms with E-state index < -0.39 is 0 Å². The van der Waals surface area contributed by atoms with E-state index in [2.05, 4.69) is 10.3 Å². The molecule has 0 unspecified atom stereocenters. The average Bonchev–Trinajstić information content (AvgIpc) is 2.87. The van der Waals surface area contributed by atoms with Gasteiger partial charge in [0, 0.05) is 45.0 Å². The van der Waals surface area contributed by atoms with Gasteiger partial charge in [-0.2, -0.15) is 0 Å². The number of pyridine rings is 1. The fraction of sp³-hybridized carbons (Fsp3) is 0.467. The highest BCUT2D eigenvalue weighted by Crippen LogP contribution is 2.04. The van der Waals surface area contributed by atoms with Crippen molar-refractivity contribution in [3.05, 3.63) is 36.3 Å². The molecule has 0 atom stereocenters. The lowest BCUT2D eigenvalue weighted by atomic mass is 10.3. The van der Waals surface area contributed by atoms with Crippen LogP contribution < -0.4 is 5.32 Å². The number of imidazole rings is 1. The van der Waals surface area contributed by atoms with Crippen LogP contribution in [0.4, 0.5) is 0 Å². The molecule has 0 radical (unpaired) electrons.